The average Bonchev–Trinajstić information content (AvgIpc) is 4.10. The number of nitrogens with zero attached hydrogens (tertiary/aromatic N) is 6. The minimum absolute atomic E-state index is 0.583. The summed E-state index contributed by atoms with van der Waals surface area (Å²) in [4.78, 5) is 4.78. The minimum atomic E-state index is 0.583. The summed E-state index contributed by atoms with van der Waals surface area (Å²) in [5, 5.41) is 20.7. The monoisotopic (exact) mass is 868 g/mol. The third-order valence-electron chi connectivity index (χ3n) is 14.1. The Bertz CT molecular complexity index is 4360. The van der Waals surface area contributed by atoms with E-state index in [0.717, 1.165) is 88.9 Å². The van der Waals surface area contributed by atoms with Gasteiger partial charge in [-0.3, -0.25) is 4.98 Å². The first kappa shape index (κ1) is 38.1. The van der Waals surface area contributed by atoms with Crippen LogP contribution in [0.1, 0.15) is 17.0 Å². The Morgan fingerprint density at radius 1 is 0.338 bits per heavy atom. The largest absolute Gasteiger partial charge is 0.309 e. The second kappa shape index (κ2) is 14.4. The molecule has 0 aliphatic rings. The molecule has 5 aromatic heterocycles. The molecule has 0 radical (unpaired) electrons. The topological polar surface area (TPSA) is 56.4 Å². The lowest BCUT2D eigenvalue weighted by Gasteiger charge is -2.19. The molecule has 0 saturated heterocycles. The van der Waals surface area contributed by atoms with E-state index in [-0.39, 0.29) is 0 Å². The fourth-order valence-electron chi connectivity index (χ4n) is 11.4. The number of aromatic nitrogens is 5. The molecule has 5 heterocycles. The maximum absolute atomic E-state index is 11.3. The molecule has 0 bridgehead atoms. The lowest BCUT2D eigenvalue weighted by Crippen LogP contribution is -2.05. The summed E-state index contributed by atoms with van der Waals surface area (Å²) in [5.74, 6) is 0. The van der Waals surface area contributed by atoms with Crippen LogP contribution in [-0.2, 0) is 0 Å². The Morgan fingerprint density at radius 2 is 0.676 bits per heavy atom. The molecule has 9 aromatic carbocycles. The molecule has 14 rings (SSSR count). The highest BCUT2D eigenvalue weighted by molar-refractivity contribution is 6.14. The number of nitriles is 1. The fourth-order valence-corrected chi connectivity index (χ4v) is 11.4. The molecule has 0 atom stereocenters. The van der Waals surface area contributed by atoms with E-state index in [1.54, 1.807) is 0 Å². The molecule has 0 N–H and O–H groups in total. The van der Waals surface area contributed by atoms with Crippen LogP contribution in [0.25, 0.3) is 121 Å². The summed E-state index contributed by atoms with van der Waals surface area (Å²) in [6.07, 6.45) is 0. The number of benzene rings is 9. The van der Waals surface area contributed by atoms with Crippen LogP contribution >= 0.6 is 0 Å². The van der Waals surface area contributed by atoms with E-state index in [4.69, 9.17) is 4.98 Å². The van der Waals surface area contributed by atoms with Crippen LogP contribution in [0.4, 0.5) is 0 Å². The smallest absolute Gasteiger partial charge is 0.101 e. The number of aryl methyl sites for hydroxylation is 2. The van der Waals surface area contributed by atoms with Crippen molar-refractivity contribution in [3.8, 4) is 39.9 Å². The first-order valence-corrected chi connectivity index (χ1v) is 23.1. The first-order chi connectivity index (χ1) is 33.5. The Labute approximate surface area is 391 Å². The van der Waals surface area contributed by atoms with Crippen LogP contribution in [0, 0.1) is 25.2 Å². The van der Waals surface area contributed by atoms with Crippen LogP contribution in [0.2, 0.25) is 0 Å². The van der Waals surface area contributed by atoms with Gasteiger partial charge in [-0.1, -0.05) is 109 Å². The maximum atomic E-state index is 11.3. The van der Waals surface area contributed by atoms with Gasteiger partial charge in [-0.25, -0.2) is 0 Å². The van der Waals surface area contributed by atoms with E-state index in [1.807, 2.05) is 13.8 Å². The third kappa shape index (κ3) is 5.41. The number of pyridine rings is 1. The van der Waals surface area contributed by atoms with Gasteiger partial charge in [0.1, 0.15) is 6.07 Å². The molecule has 6 heteroatoms. The molecule has 0 fully saturated rings. The summed E-state index contributed by atoms with van der Waals surface area (Å²) < 4.78 is 9.46. The van der Waals surface area contributed by atoms with Crippen molar-refractivity contribution in [2.45, 2.75) is 13.8 Å². The highest BCUT2D eigenvalue weighted by Gasteiger charge is 2.24. The number of para-hydroxylation sites is 6. The van der Waals surface area contributed by atoms with Gasteiger partial charge in [0, 0.05) is 71.4 Å². The van der Waals surface area contributed by atoms with E-state index >= 15 is 0 Å². The zero-order valence-electron chi connectivity index (χ0n) is 37.3. The Morgan fingerprint density at radius 3 is 1.07 bits per heavy atom. The Hall–Kier alpha value is -9.18. The SMILES string of the molecule is Cc1cc(-c2cc(C#N)c(-n3c4ccccc4c4cc(-n5c6ccccc6c6ccccc65)ccc43)cc2-n2c3ccccc3c3cc(-n4c5ccccc5c5ccccc54)ccc32)cc(C)n1. The van der Waals surface area contributed by atoms with Crippen molar-refractivity contribution in [3.05, 3.63) is 223 Å². The molecule has 0 aliphatic heterocycles. The predicted octanol–water partition coefficient (Wildman–Crippen LogP) is 15.6. The number of fused-ring (bicyclic) bond motifs is 12. The van der Waals surface area contributed by atoms with E-state index in [0.29, 0.717) is 5.56 Å². The van der Waals surface area contributed by atoms with Crippen molar-refractivity contribution in [1.29, 1.82) is 5.26 Å². The van der Waals surface area contributed by atoms with Gasteiger partial charge in [0.05, 0.1) is 61.1 Å². The molecule has 0 spiro atoms. The summed E-state index contributed by atoms with van der Waals surface area (Å²) in [6, 6.07) is 76.9. The molecule has 68 heavy (non-hydrogen) atoms. The van der Waals surface area contributed by atoms with Crippen LogP contribution in [-0.4, -0.2) is 23.3 Å². The molecule has 0 amide bonds. The van der Waals surface area contributed by atoms with Crippen molar-refractivity contribution in [1.82, 2.24) is 23.3 Å². The van der Waals surface area contributed by atoms with E-state index < -0.39 is 0 Å². The predicted molar refractivity (Wildman–Crippen MR) is 281 cm³/mol. The fraction of sp³-hybridized carbons (Fsp3) is 0.0323. The second-order valence-electron chi connectivity index (χ2n) is 18.0. The average molecular weight is 869 g/mol. The van der Waals surface area contributed by atoms with Gasteiger partial charge < -0.3 is 18.3 Å². The third-order valence-corrected chi connectivity index (χ3v) is 14.1. The normalized spacial score (nSPS) is 12.0. The summed E-state index contributed by atoms with van der Waals surface area (Å²) in [7, 11) is 0. The Balaban J connectivity index is 1.05. The summed E-state index contributed by atoms with van der Waals surface area (Å²) >= 11 is 0. The van der Waals surface area contributed by atoms with E-state index in [9.17, 15) is 5.26 Å². The van der Waals surface area contributed by atoms with Crippen molar-refractivity contribution in [3.63, 3.8) is 0 Å². The molecule has 0 saturated carbocycles. The second-order valence-corrected chi connectivity index (χ2v) is 18.0. The zero-order chi connectivity index (χ0) is 45.2. The van der Waals surface area contributed by atoms with Gasteiger partial charge in [-0.15, -0.1) is 0 Å². The van der Waals surface area contributed by atoms with Crippen LogP contribution < -0.4 is 0 Å². The van der Waals surface area contributed by atoms with Gasteiger partial charge in [-0.05, 0) is 116 Å². The first-order valence-electron chi connectivity index (χ1n) is 23.1. The molecule has 0 aliphatic carbocycles. The van der Waals surface area contributed by atoms with Gasteiger partial charge in [0.2, 0.25) is 0 Å². The number of hydrogen-bond acceptors (Lipinski definition) is 2. The molecule has 318 valence electrons. The van der Waals surface area contributed by atoms with Crippen LogP contribution in [0.15, 0.2) is 206 Å². The summed E-state index contributed by atoms with van der Waals surface area (Å²) in [6.45, 7) is 4.08. The quantitative estimate of drug-likeness (QED) is 0.173. The maximum Gasteiger partial charge on any atom is 0.101 e. The van der Waals surface area contributed by atoms with Gasteiger partial charge in [-0.2, -0.15) is 5.26 Å². The van der Waals surface area contributed by atoms with Crippen LogP contribution in [0.5, 0.6) is 0 Å². The number of hydrogen-bond donors (Lipinski definition) is 0. The van der Waals surface area contributed by atoms with Crippen molar-refractivity contribution in [2.24, 2.45) is 0 Å². The molecule has 0 unspecified atom stereocenters. The van der Waals surface area contributed by atoms with Gasteiger partial charge in [0.15, 0.2) is 0 Å². The molecule has 14 aromatic rings. The standard InChI is InChI=1S/C62H40N6/c1-38-31-40(32-39(2)64-38)50-33-41(37-63)61(67-57-25-13-7-19-48(57)51-34-42(27-29-59(51)67)65-53-21-9-3-15-44(53)45-16-4-10-22-54(45)65)36-62(50)68-58-26-14-8-20-49(58)52-35-43(28-30-60(52)68)66-55-23-11-5-17-46(55)47-18-6-12-24-56(47)66/h3-36H,1-2H3. The Kier molecular flexibility index (Phi) is 8.08. The van der Waals surface area contributed by atoms with E-state index in [1.165, 1.54) is 43.6 Å². The lowest BCUT2D eigenvalue weighted by atomic mass is 9.98. The van der Waals surface area contributed by atoms with Crippen LogP contribution in [0.3, 0.4) is 0 Å². The van der Waals surface area contributed by atoms with Crippen molar-refractivity contribution >= 4 is 87.2 Å². The van der Waals surface area contributed by atoms with Crippen molar-refractivity contribution in [2.75, 3.05) is 0 Å². The zero-order valence-corrected chi connectivity index (χ0v) is 37.3. The lowest BCUT2D eigenvalue weighted by molar-refractivity contribution is 1.11. The highest BCUT2D eigenvalue weighted by atomic mass is 15.0. The molecular formula is C62H40N6. The van der Waals surface area contributed by atoms with Gasteiger partial charge in [0.25, 0.3) is 0 Å². The minimum Gasteiger partial charge on any atom is -0.309 e. The van der Waals surface area contributed by atoms with E-state index in [2.05, 4.69) is 231 Å². The van der Waals surface area contributed by atoms with Crippen molar-refractivity contribution < 1.29 is 0 Å². The molecule has 6 nitrogen and oxygen atoms in total. The highest BCUT2D eigenvalue weighted by Crippen LogP contribution is 2.43. The summed E-state index contributed by atoms with van der Waals surface area (Å²) in [5.41, 5.74) is 17.3. The number of rotatable bonds is 5. The van der Waals surface area contributed by atoms with Gasteiger partial charge >= 0.3 is 0 Å². The molecular weight excluding hydrogens is 829 g/mol.